The lowest BCUT2D eigenvalue weighted by atomic mass is 9.93. The minimum atomic E-state index is -3.86. The Hall–Kier alpha value is -2.48. The lowest BCUT2D eigenvalue weighted by Crippen LogP contribution is -2.29. The van der Waals surface area contributed by atoms with Gasteiger partial charge in [-0.15, -0.1) is 12.6 Å². The Morgan fingerprint density at radius 3 is 2.20 bits per heavy atom. The number of hydrogen-bond acceptors (Lipinski definition) is 5. The number of halogens is 1. The Labute approximate surface area is 216 Å². The summed E-state index contributed by atoms with van der Waals surface area (Å²) < 4.78 is 32.5. The quantitative estimate of drug-likeness (QED) is 0.136. The largest absolute Gasteiger partial charge is 0.456 e. The van der Waals surface area contributed by atoms with Gasteiger partial charge in [0.15, 0.2) is 0 Å². The molecule has 2 aromatic carbocycles. The van der Waals surface area contributed by atoms with Crippen LogP contribution in [-0.4, -0.2) is 34.6 Å². The fourth-order valence-corrected chi connectivity index (χ4v) is 5.79. The lowest BCUT2D eigenvalue weighted by molar-refractivity contribution is 0.604. The average molecular weight is 530 g/mol. The second kappa shape index (κ2) is 10.2. The van der Waals surface area contributed by atoms with Crippen molar-refractivity contribution in [2.24, 2.45) is 0 Å². The Morgan fingerprint density at radius 1 is 0.914 bits per heavy atom. The van der Waals surface area contributed by atoms with Crippen molar-refractivity contribution in [3.8, 4) is 22.5 Å². The third kappa shape index (κ3) is 4.95. The number of benzene rings is 3. The summed E-state index contributed by atoms with van der Waals surface area (Å²) in [6.07, 6.45) is 0. The monoisotopic (exact) mass is 529 g/mol. The van der Waals surface area contributed by atoms with E-state index in [-0.39, 0.29) is 4.90 Å². The summed E-state index contributed by atoms with van der Waals surface area (Å²) in [5, 5.41) is 2.02. The number of thiol groups is 1. The van der Waals surface area contributed by atoms with Gasteiger partial charge in [-0.3, -0.25) is 0 Å². The van der Waals surface area contributed by atoms with Crippen molar-refractivity contribution in [3.63, 3.8) is 0 Å². The summed E-state index contributed by atoms with van der Waals surface area (Å²) in [5.74, 6) is 0.760. The molecule has 0 unspecified atom stereocenters. The van der Waals surface area contributed by atoms with E-state index in [0.29, 0.717) is 4.90 Å². The lowest BCUT2D eigenvalue weighted by Gasteiger charge is -2.22. The van der Waals surface area contributed by atoms with Gasteiger partial charge in [-0.05, 0) is 63.6 Å². The van der Waals surface area contributed by atoms with Crippen LogP contribution < -0.4 is 14.8 Å². The van der Waals surface area contributed by atoms with Crippen LogP contribution in [-0.2, 0) is 9.05 Å². The van der Waals surface area contributed by atoms with Crippen LogP contribution in [0.5, 0.6) is 0 Å². The molecule has 2 aliphatic rings. The highest BCUT2D eigenvalue weighted by Gasteiger charge is 2.22. The first-order chi connectivity index (χ1) is 16.7. The smallest absolute Gasteiger partial charge is 0.261 e. The van der Waals surface area contributed by atoms with Gasteiger partial charge in [-0.1, -0.05) is 6.07 Å². The predicted molar refractivity (Wildman–Crippen MR) is 148 cm³/mol. The van der Waals surface area contributed by atoms with Crippen LogP contribution in [0.2, 0.25) is 0 Å². The molecule has 8 heteroatoms. The third-order valence-electron chi connectivity index (χ3n) is 6.47. The first-order valence-corrected chi connectivity index (χ1v) is 14.6. The molecule has 0 fully saturated rings. The molecule has 1 aliphatic heterocycles. The van der Waals surface area contributed by atoms with Crippen LogP contribution in [0.25, 0.3) is 33.4 Å². The first kappa shape index (κ1) is 25.6. The van der Waals surface area contributed by atoms with Crippen LogP contribution in [0.15, 0.2) is 68.8 Å². The molecule has 184 valence electrons. The summed E-state index contributed by atoms with van der Waals surface area (Å²) in [6.45, 7) is 12.1. The molecule has 5 nitrogen and oxygen atoms in total. The van der Waals surface area contributed by atoms with E-state index < -0.39 is 9.05 Å². The molecular weight excluding hydrogens is 500 g/mol. The fourth-order valence-electron chi connectivity index (χ4n) is 4.60. The molecule has 1 aliphatic carbocycles. The number of nitrogens with zero attached hydrogens (tertiary/aromatic N) is 2. The first-order valence-electron chi connectivity index (χ1n) is 11.8. The molecule has 0 atom stereocenters. The molecule has 0 bridgehead atoms. The average Bonchev–Trinajstić information content (AvgIpc) is 2.83. The molecule has 1 heterocycles. The van der Waals surface area contributed by atoms with Crippen LogP contribution in [0.3, 0.4) is 0 Å². The maximum absolute atomic E-state index is 11.9. The highest BCUT2D eigenvalue weighted by molar-refractivity contribution is 8.13. The normalized spacial score (nSPS) is 11.8. The number of anilines is 1. The summed E-state index contributed by atoms with van der Waals surface area (Å²) in [5.41, 5.74) is 4.54. The zero-order valence-corrected chi connectivity index (χ0v) is 22.8. The summed E-state index contributed by atoms with van der Waals surface area (Å²) in [7, 11) is 1.72. The zero-order chi connectivity index (χ0) is 25.3. The Kier molecular flexibility index (Phi) is 7.50. The van der Waals surface area contributed by atoms with Gasteiger partial charge in [-0.2, -0.15) is 0 Å². The van der Waals surface area contributed by atoms with Crippen molar-refractivity contribution in [2.45, 2.75) is 37.5 Å². The zero-order valence-electron chi connectivity index (χ0n) is 20.4. The van der Waals surface area contributed by atoms with Crippen molar-refractivity contribution in [1.29, 1.82) is 0 Å². The Bertz CT molecular complexity index is 1530. The molecule has 35 heavy (non-hydrogen) atoms. The maximum atomic E-state index is 11.9. The van der Waals surface area contributed by atoms with E-state index in [0.717, 1.165) is 70.6 Å². The van der Waals surface area contributed by atoms with Gasteiger partial charge in [0.05, 0.1) is 11.0 Å². The molecule has 0 radical (unpaired) electrons. The molecule has 0 saturated carbocycles. The SMILES string of the molecule is CCN(CC)c1ccc2c(-c3ccc(S(=O)(=O)Cl)cc3S)c3ccc(=[N+](CC)CC)cc-3oc2c1. The minimum absolute atomic E-state index is 0.0229. The highest BCUT2D eigenvalue weighted by Crippen LogP contribution is 2.43. The minimum Gasteiger partial charge on any atom is -0.456 e. The molecule has 0 N–H and O–H groups in total. The van der Waals surface area contributed by atoms with Crippen molar-refractivity contribution in [2.75, 3.05) is 31.1 Å². The van der Waals surface area contributed by atoms with Gasteiger partial charge in [0.25, 0.3) is 9.05 Å². The topological polar surface area (TPSA) is 53.5 Å². The van der Waals surface area contributed by atoms with E-state index in [2.05, 4.69) is 86.2 Å². The van der Waals surface area contributed by atoms with E-state index in [1.165, 1.54) is 12.1 Å². The molecule has 0 saturated heterocycles. The van der Waals surface area contributed by atoms with Gasteiger partial charge >= 0.3 is 0 Å². The Balaban J connectivity index is 2.10. The van der Waals surface area contributed by atoms with E-state index in [9.17, 15) is 8.42 Å². The second-order valence-corrected chi connectivity index (χ2v) is 11.3. The molecule has 0 amide bonds. The van der Waals surface area contributed by atoms with Crippen LogP contribution in [0, 0.1) is 0 Å². The van der Waals surface area contributed by atoms with Gasteiger partial charge in [0, 0.05) is 63.0 Å². The van der Waals surface area contributed by atoms with E-state index in [1.54, 1.807) is 6.07 Å². The summed E-state index contributed by atoms with van der Waals surface area (Å²) in [4.78, 5) is 2.82. The summed E-state index contributed by atoms with van der Waals surface area (Å²) in [6, 6.07) is 17.3. The predicted octanol–water partition coefficient (Wildman–Crippen LogP) is 6.08. The summed E-state index contributed by atoms with van der Waals surface area (Å²) >= 11 is 4.66. The Morgan fingerprint density at radius 2 is 1.60 bits per heavy atom. The van der Waals surface area contributed by atoms with Crippen molar-refractivity contribution >= 4 is 49.0 Å². The van der Waals surface area contributed by atoms with Crippen molar-refractivity contribution in [1.82, 2.24) is 4.58 Å². The number of fused-ring (bicyclic) bond motifs is 2. The number of rotatable bonds is 7. The fraction of sp³-hybridized carbons (Fsp3) is 0.296. The molecule has 4 rings (SSSR count). The second-order valence-electron chi connectivity index (χ2n) is 8.30. The third-order valence-corrected chi connectivity index (χ3v) is 8.19. The molecule has 0 aromatic heterocycles. The van der Waals surface area contributed by atoms with Gasteiger partial charge < -0.3 is 9.32 Å². The van der Waals surface area contributed by atoms with Crippen LogP contribution >= 0.6 is 23.3 Å². The molecular formula is C27H30ClN2O3S2+. The van der Waals surface area contributed by atoms with E-state index >= 15 is 0 Å². The van der Waals surface area contributed by atoms with Crippen molar-refractivity contribution in [3.05, 3.63) is 60.0 Å². The van der Waals surface area contributed by atoms with E-state index in [1.807, 2.05) is 0 Å². The highest BCUT2D eigenvalue weighted by atomic mass is 35.7. The van der Waals surface area contributed by atoms with Crippen LogP contribution in [0.4, 0.5) is 5.69 Å². The standard InChI is InChI=1S/C27H29ClN2O3S2/c1-5-29(6-2)18-9-12-21-24(15-18)33-25-16-19(30(7-3)8-4)10-13-22(25)27(21)23-14-11-20(17-26(23)34)35(28,31)32/h9-17H,5-8H2,1-4H3/p+1. The van der Waals surface area contributed by atoms with Gasteiger partial charge in [-0.25, -0.2) is 13.0 Å². The van der Waals surface area contributed by atoms with Gasteiger partial charge in [0.1, 0.15) is 24.4 Å². The van der Waals surface area contributed by atoms with E-state index in [4.69, 9.17) is 15.1 Å². The number of hydrogen-bond donors (Lipinski definition) is 1. The molecule has 0 spiro atoms. The molecule has 2 aromatic rings. The van der Waals surface area contributed by atoms with Crippen molar-refractivity contribution < 1.29 is 12.8 Å². The maximum Gasteiger partial charge on any atom is 0.261 e. The van der Waals surface area contributed by atoms with Gasteiger partial charge in [0.2, 0.25) is 5.36 Å². The van der Waals surface area contributed by atoms with Crippen LogP contribution in [0.1, 0.15) is 27.7 Å².